The Kier molecular flexibility index (Phi) is 4.52. The van der Waals surface area contributed by atoms with Gasteiger partial charge in [0.1, 0.15) is 5.75 Å². The monoisotopic (exact) mass is 319 g/mol. The van der Waals surface area contributed by atoms with Crippen LogP contribution in [0.3, 0.4) is 0 Å². The van der Waals surface area contributed by atoms with Gasteiger partial charge < -0.3 is 9.57 Å². The van der Waals surface area contributed by atoms with Gasteiger partial charge in [-0.25, -0.2) is 8.78 Å². The number of alkyl halides is 2. The Morgan fingerprint density at radius 2 is 2.28 bits per heavy atom. The third kappa shape index (κ3) is 3.41. The van der Waals surface area contributed by atoms with Crippen molar-refractivity contribution in [1.29, 1.82) is 0 Å². The molecule has 2 rings (SSSR count). The zero-order chi connectivity index (χ0) is 13.0. The summed E-state index contributed by atoms with van der Waals surface area (Å²) in [6.07, 6.45) is -1.09. The molecule has 0 spiro atoms. The molecule has 1 aliphatic rings. The first-order valence-electron chi connectivity index (χ1n) is 5.56. The standard InChI is InChI=1S/C12H12BrF2NO2/c13-8-3-4-11-9(6-8)10(2-1-5-17-11)16-18-7-12(14)15/h3-4,6,12H,1-2,5,7H2/b16-10+. The molecule has 0 fully saturated rings. The first-order chi connectivity index (χ1) is 8.66. The van der Waals surface area contributed by atoms with Gasteiger partial charge in [0.05, 0.1) is 12.3 Å². The molecule has 1 aromatic rings. The van der Waals surface area contributed by atoms with Crippen molar-refractivity contribution in [2.24, 2.45) is 5.16 Å². The lowest BCUT2D eigenvalue weighted by Gasteiger charge is -2.08. The molecule has 6 heteroatoms. The lowest BCUT2D eigenvalue weighted by Crippen LogP contribution is -2.05. The predicted molar refractivity (Wildman–Crippen MR) is 67.4 cm³/mol. The van der Waals surface area contributed by atoms with Crippen molar-refractivity contribution in [3.8, 4) is 5.75 Å². The molecule has 1 aromatic carbocycles. The maximum Gasteiger partial charge on any atom is 0.274 e. The molecule has 0 bridgehead atoms. The van der Waals surface area contributed by atoms with Gasteiger partial charge in [-0.15, -0.1) is 0 Å². The zero-order valence-electron chi connectivity index (χ0n) is 9.54. The first-order valence-corrected chi connectivity index (χ1v) is 6.36. The van der Waals surface area contributed by atoms with Crippen LogP contribution in [0.5, 0.6) is 5.75 Å². The van der Waals surface area contributed by atoms with E-state index >= 15 is 0 Å². The molecule has 0 unspecified atom stereocenters. The number of hydrogen-bond donors (Lipinski definition) is 0. The third-order valence-corrected chi connectivity index (χ3v) is 2.94. The lowest BCUT2D eigenvalue weighted by molar-refractivity contribution is 0.0201. The summed E-state index contributed by atoms with van der Waals surface area (Å²) < 4.78 is 30.4. The number of hydrogen-bond acceptors (Lipinski definition) is 3. The minimum Gasteiger partial charge on any atom is -0.493 e. The van der Waals surface area contributed by atoms with E-state index in [9.17, 15) is 8.78 Å². The van der Waals surface area contributed by atoms with Crippen molar-refractivity contribution in [3.05, 3.63) is 28.2 Å². The molecule has 18 heavy (non-hydrogen) atoms. The average Bonchev–Trinajstić information content (AvgIpc) is 2.51. The molecule has 0 aromatic heterocycles. The molecule has 0 saturated carbocycles. The molecule has 3 nitrogen and oxygen atoms in total. The van der Waals surface area contributed by atoms with Gasteiger partial charge in [0, 0.05) is 10.0 Å². The van der Waals surface area contributed by atoms with E-state index in [-0.39, 0.29) is 0 Å². The Morgan fingerprint density at radius 3 is 3.06 bits per heavy atom. The third-order valence-electron chi connectivity index (χ3n) is 2.44. The highest BCUT2D eigenvalue weighted by Gasteiger charge is 2.16. The van der Waals surface area contributed by atoms with E-state index in [4.69, 9.17) is 4.74 Å². The summed E-state index contributed by atoms with van der Waals surface area (Å²) in [5.74, 6) is 0.704. The van der Waals surface area contributed by atoms with E-state index < -0.39 is 13.0 Å². The lowest BCUT2D eigenvalue weighted by atomic mass is 10.1. The summed E-state index contributed by atoms with van der Waals surface area (Å²) in [5, 5.41) is 3.80. The van der Waals surface area contributed by atoms with Crippen LogP contribution in [0, 0.1) is 0 Å². The summed E-state index contributed by atoms with van der Waals surface area (Å²) in [5.41, 5.74) is 1.43. The molecule has 0 N–H and O–H groups in total. The minimum atomic E-state index is -2.52. The van der Waals surface area contributed by atoms with E-state index in [0.29, 0.717) is 24.5 Å². The van der Waals surface area contributed by atoms with E-state index in [1.165, 1.54) is 0 Å². The molecule has 98 valence electrons. The van der Waals surface area contributed by atoms with Crippen molar-refractivity contribution >= 4 is 21.6 Å². The van der Waals surface area contributed by atoms with Crippen LogP contribution >= 0.6 is 15.9 Å². The van der Waals surface area contributed by atoms with Crippen LogP contribution < -0.4 is 4.74 Å². The van der Waals surface area contributed by atoms with Crippen molar-refractivity contribution in [2.75, 3.05) is 13.2 Å². The highest BCUT2D eigenvalue weighted by atomic mass is 79.9. The van der Waals surface area contributed by atoms with Crippen LogP contribution in [0.2, 0.25) is 0 Å². The van der Waals surface area contributed by atoms with E-state index in [0.717, 1.165) is 16.5 Å². The number of fused-ring (bicyclic) bond motifs is 1. The second kappa shape index (κ2) is 6.13. The average molecular weight is 320 g/mol. The molecule has 1 heterocycles. The Balaban J connectivity index is 2.23. The largest absolute Gasteiger partial charge is 0.493 e. The maximum absolute atomic E-state index is 12.0. The second-order valence-corrected chi connectivity index (χ2v) is 4.73. The summed E-state index contributed by atoms with van der Waals surface area (Å²) in [7, 11) is 0. The molecule has 0 amide bonds. The van der Waals surface area contributed by atoms with Gasteiger partial charge in [0.25, 0.3) is 6.43 Å². The summed E-state index contributed by atoms with van der Waals surface area (Å²) in [6, 6.07) is 5.54. The quantitative estimate of drug-likeness (QED) is 0.797. The normalized spacial score (nSPS) is 17.2. The Bertz CT molecular complexity index is 452. The SMILES string of the molecule is FC(F)CO/N=C1\CCCOc2ccc(Br)cc21. The van der Waals surface area contributed by atoms with Crippen LogP contribution in [0.4, 0.5) is 8.78 Å². The topological polar surface area (TPSA) is 30.8 Å². The number of oxime groups is 1. The van der Waals surface area contributed by atoms with Gasteiger partial charge >= 0.3 is 0 Å². The smallest absolute Gasteiger partial charge is 0.274 e. The van der Waals surface area contributed by atoms with E-state index in [2.05, 4.69) is 25.9 Å². The van der Waals surface area contributed by atoms with E-state index in [1.807, 2.05) is 18.2 Å². The van der Waals surface area contributed by atoms with Crippen LogP contribution in [0.1, 0.15) is 18.4 Å². The predicted octanol–water partition coefficient (Wildman–Crippen LogP) is 3.61. The fourth-order valence-electron chi connectivity index (χ4n) is 1.68. The fraction of sp³-hybridized carbons (Fsp3) is 0.417. The van der Waals surface area contributed by atoms with E-state index in [1.54, 1.807) is 0 Å². The number of benzene rings is 1. The van der Waals surface area contributed by atoms with Gasteiger partial charge in [-0.2, -0.15) is 0 Å². The zero-order valence-corrected chi connectivity index (χ0v) is 11.1. The molecule has 0 radical (unpaired) electrons. The Morgan fingerprint density at radius 1 is 1.44 bits per heavy atom. The molecule has 1 aliphatic heterocycles. The van der Waals surface area contributed by atoms with Gasteiger partial charge in [0.15, 0.2) is 6.61 Å². The Hall–Kier alpha value is -1.17. The second-order valence-electron chi connectivity index (χ2n) is 3.82. The molecule has 0 aliphatic carbocycles. The van der Waals surface area contributed by atoms with Crippen molar-refractivity contribution < 1.29 is 18.4 Å². The number of rotatable bonds is 3. The van der Waals surface area contributed by atoms with Crippen LogP contribution in [-0.2, 0) is 4.84 Å². The Labute approximate surface area is 112 Å². The molecular formula is C12H12BrF2NO2. The van der Waals surface area contributed by atoms with Gasteiger partial charge in [0.2, 0.25) is 0 Å². The van der Waals surface area contributed by atoms with Crippen LogP contribution in [0.15, 0.2) is 27.8 Å². The number of halogens is 3. The van der Waals surface area contributed by atoms with Crippen molar-refractivity contribution in [2.45, 2.75) is 19.3 Å². The number of nitrogens with zero attached hydrogens (tertiary/aromatic N) is 1. The van der Waals surface area contributed by atoms with Gasteiger partial charge in [-0.1, -0.05) is 21.1 Å². The van der Waals surface area contributed by atoms with Crippen LogP contribution in [-0.4, -0.2) is 25.4 Å². The van der Waals surface area contributed by atoms with Gasteiger partial charge in [-0.3, -0.25) is 0 Å². The highest BCUT2D eigenvalue weighted by Crippen LogP contribution is 2.27. The first kappa shape index (κ1) is 13.3. The molecule has 0 atom stereocenters. The van der Waals surface area contributed by atoms with Crippen molar-refractivity contribution in [3.63, 3.8) is 0 Å². The minimum absolute atomic E-state index is 0.586. The summed E-state index contributed by atoms with van der Waals surface area (Å²) in [4.78, 5) is 4.65. The highest BCUT2D eigenvalue weighted by molar-refractivity contribution is 9.10. The summed E-state index contributed by atoms with van der Waals surface area (Å²) in [6.45, 7) is -0.101. The summed E-state index contributed by atoms with van der Waals surface area (Å²) >= 11 is 3.36. The maximum atomic E-state index is 12.0. The fourth-order valence-corrected chi connectivity index (χ4v) is 2.04. The van der Waals surface area contributed by atoms with Crippen LogP contribution in [0.25, 0.3) is 0 Å². The number of ether oxygens (including phenoxy) is 1. The molecule has 0 saturated heterocycles. The molecular weight excluding hydrogens is 308 g/mol. The van der Waals surface area contributed by atoms with Gasteiger partial charge in [-0.05, 0) is 31.0 Å². The van der Waals surface area contributed by atoms with Crippen molar-refractivity contribution in [1.82, 2.24) is 0 Å².